The second-order valence-electron chi connectivity index (χ2n) is 5.34. The van der Waals surface area contributed by atoms with Gasteiger partial charge in [0.15, 0.2) is 0 Å². The molecule has 0 aliphatic rings. The minimum Gasteiger partial charge on any atom is -0.309 e. The first-order valence-corrected chi connectivity index (χ1v) is 8.11. The summed E-state index contributed by atoms with van der Waals surface area (Å²) in [6, 6.07) is 0.588. The Hall–Kier alpha value is -0.580. The van der Waals surface area contributed by atoms with Crippen molar-refractivity contribution in [3.63, 3.8) is 0 Å². The first-order chi connectivity index (χ1) is 9.54. The molecule has 1 rings (SSSR count). The van der Waals surface area contributed by atoms with E-state index in [-0.39, 0.29) is 6.04 Å². The zero-order chi connectivity index (χ0) is 15.1. The van der Waals surface area contributed by atoms with Gasteiger partial charge in [-0.05, 0) is 46.4 Å². The Balaban J connectivity index is 2.87. The zero-order valence-corrected chi connectivity index (χ0v) is 14.2. The van der Waals surface area contributed by atoms with Crippen LogP contribution in [0.25, 0.3) is 0 Å². The SMILES string of the molecule is CCNC(CCN(CC)CC)c1c(Cl)cnn1C(C)C. The molecule has 0 saturated carbocycles. The predicted molar refractivity (Wildman–Crippen MR) is 86.4 cm³/mol. The summed E-state index contributed by atoms with van der Waals surface area (Å²) in [5.74, 6) is 0. The lowest BCUT2D eigenvalue weighted by atomic mass is 10.1. The fourth-order valence-electron chi connectivity index (χ4n) is 2.52. The molecule has 1 aromatic heterocycles. The van der Waals surface area contributed by atoms with Crippen molar-refractivity contribution in [3.05, 3.63) is 16.9 Å². The Kier molecular flexibility index (Phi) is 7.56. The van der Waals surface area contributed by atoms with Crippen LogP contribution in [0.15, 0.2) is 6.20 Å². The fraction of sp³-hybridized carbons (Fsp3) is 0.800. The molecule has 0 aromatic carbocycles. The van der Waals surface area contributed by atoms with Gasteiger partial charge in [0, 0.05) is 6.04 Å². The van der Waals surface area contributed by atoms with Gasteiger partial charge >= 0.3 is 0 Å². The van der Waals surface area contributed by atoms with Crippen LogP contribution in [0.1, 0.15) is 58.8 Å². The zero-order valence-electron chi connectivity index (χ0n) is 13.5. The maximum Gasteiger partial charge on any atom is 0.0834 e. The number of aromatic nitrogens is 2. The van der Waals surface area contributed by atoms with Crippen molar-refractivity contribution in [2.24, 2.45) is 0 Å². The first-order valence-electron chi connectivity index (χ1n) is 7.73. The molecule has 1 heterocycles. The number of hydrogen-bond acceptors (Lipinski definition) is 3. The molecule has 0 amide bonds. The molecule has 0 bridgehead atoms. The molecule has 0 aliphatic heterocycles. The minimum absolute atomic E-state index is 0.262. The maximum atomic E-state index is 6.37. The molecule has 1 N–H and O–H groups in total. The van der Waals surface area contributed by atoms with Crippen molar-refractivity contribution >= 4 is 11.6 Å². The van der Waals surface area contributed by atoms with Crippen LogP contribution in [0, 0.1) is 0 Å². The van der Waals surface area contributed by atoms with Crippen molar-refractivity contribution in [1.82, 2.24) is 20.0 Å². The van der Waals surface area contributed by atoms with E-state index in [0.717, 1.165) is 43.3 Å². The summed E-state index contributed by atoms with van der Waals surface area (Å²) >= 11 is 6.37. The highest BCUT2D eigenvalue weighted by molar-refractivity contribution is 6.31. The van der Waals surface area contributed by atoms with E-state index < -0.39 is 0 Å². The van der Waals surface area contributed by atoms with Crippen LogP contribution in [-0.4, -0.2) is 40.9 Å². The third-order valence-corrected chi connectivity index (χ3v) is 3.98. The molecular formula is C15H29ClN4. The van der Waals surface area contributed by atoms with Gasteiger partial charge in [0.25, 0.3) is 0 Å². The van der Waals surface area contributed by atoms with Crippen LogP contribution in [0.3, 0.4) is 0 Å². The Bertz CT molecular complexity index is 385. The van der Waals surface area contributed by atoms with E-state index in [9.17, 15) is 0 Å². The number of nitrogens with zero attached hydrogens (tertiary/aromatic N) is 3. The van der Waals surface area contributed by atoms with Gasteiger partial charge in [0.2, 0.25) is 0 Å². The Labute approximate surface area is 128 Å². The van der Waals surface area contributed by atoms with E-state index in [4.69, 9.17) is 11.6 Å². The number of rotatable bonds is 9. The minimum atomic E-state index is 0.262. The molecule has 1 aromatic rings. The summed E-state index contributed by atoms with van der Waals surface area (Å²) in [5, 5.41) is 8.74. The molecule has 1 unspecified atom stereocenters. The van der Waals surface area contributed by atoms with Gasteiger partial charge in [0.1, 0.15) is 0 Å². The third kappa shape index (κ3) is 4.47. The molecule has 1 atom stereocenters. The van der Waals surface area contributed by atoms with Gasteiger partial charge in [-0.1, -0.05) is 32.4 Å². The van der Waals surface area contributed by atoms with Crippen LogP contribution < -0.4 is 5.32 Å². The van der Waals surface area contributed by atoms with Gasteiger partial charge in [0.05, 0.1) is 23.0 Å². The lowest BCUT2D eigenvalue weighted by Crippen LogP contribution is -2.31. The highest BCUT2D eigenvalue weighted by Gasteiger charge is 2.21. The summed E-state index contributed by atoms with van der Waals surface area (Å²) in [7, 11) is 0. The van der Waals surface area contributed by atoms with E-state index in [2.05, 4.69) is 49.9 Å². The smallest absolute Gasteiger partial charge is 0.0834 e. The monoisotopic (exact) mass is 300 g/mol. The standard InChI is InChI=1S/C15H29ClN4/c1-6-17-14(9-10-19(7-2)8-3)15-13(16)11-18-20(15)12(4)5/h11-12,14,17H,6-10H2,1-5H3. The Morgan fingerprint density at radius 1 is 1.30 bits per heavy atom. The quantitative estimate of drug-likeness (QED) is 0.758. The molecule has 4 nitrogen and oxygen atoms in total. The van der Waals surface area contributed by atoms with Crippen LogP contribution in [-0.2, 0) is 0 Å². The number of halogens is 1. The largest absolute Gasteiger partial charge is 0.309 e. The van der Waals surface area contributed by atoms with Crippen LogP contribution >= 0.6 is 11.6 Å². The Morgan fingerprint density at radius 2 is 1.95 bits per heavy atom. The average Bonchev–Trinajstić information content (AvgIpc) is 2.80. The van der Waals surface area contributed by atoms with Gasteiger partial charge < -0.3 is 10.2 Å². The first kappa shape index (κ1) is 17.5. The fourth-order valence-corrected chi connectivity index (χ4v) is 2.78. The summed E-state index contributed by atoms with van der Waals surface area (Å²) in [6.07, 6.45) is 2.81. The third-order valence-electron chi connectivity index (χ3n) is 3.69. The molecular weight excluding hydrogens is 272 g/mol. The van der Waals surface area contributed by atoms with Crippen molar-refractivity contribution in [1.29, 1.82) is 0 Å². The summed E-state index contributed by atoms with van der Waals surface area (Å²) in [6.45, 7) is 15.0. The normalized spacial score (nSPS) is 13.4. The van der Waals surface area contributed by atoms with Gasteiger partial charge in [-0.15, -0.1) is 0 Å². The highest BCUT2D eigenvalue weighted by Crippen LogP contribution is 2.27. The van der Waals surface area contributed by atoms with Crippen LogP contribution in [0.2, 0.25) is 5.02 Å². The van der Waals surface area contributed by atoms with E-state index in [1.807, 2.05) is 4.68 Å². The van der Waals surface area contributed by atoms with Crippen molar-refractivity contribution in [2.75, 3.05) is 26.2 Å². The predicted octanol–water partition coefficient (Wildman–Crippen LogP) is 3.50. The molecule has 0 fully saturated rings. The highest BCUT2D eigenvalue weighted by atomic mass is 35.5. The van der Waals surface area contributed by atoms with E-state index in [0.29, 0.717) is 6.04 Å². The second-order valence-corrected chi connectivity index (χ2v) is 5.75. The topological polar surface area (TPSA) is 33.1 Å². The Morgan fingerprint density at radius 3 is 2.45 bits per heavy atom. The van der Waals surface area contributed by atoms with Gasteiger partial charge in [-0.2, -0.15) is 5.10 Å². The molecule has 0 aliphatic carbocycles. The van der Waals surface area contributed by atoms with E-state index in [1.54, 1.807) is 6.20 Å². The average molecular weight is 301 g/mol. The van der Waals surface area contributed by atoms with Crippen LogP contribution in [0.5, 0.6) is 0 Å². The van der Waals surface area contributed by atoms with Gasteiger partial charge in [-0.3, -0.25) is 4.68 Å². The van der Waals surface area contributed by atoms with Crippen molar-refractivity contribution < 1.29 is 0 Å². The molecule has 0 spiro atoms. The molecule has 116 valence electrons. The lowest BCUT2D eigenvalue weighted by Gasteiger charge is -2.25. The summed E-state index contributed by atoms with van der Waals surface area (Å²) < 4.78 is 2.04. The number of nitrogens with one attached hydrogen (secondary N) is 1. The van der Waals surface area contributed by atoms with Crippen molar-refractivity contribution in [3.8, 4) is 0 Å². The van der Waals surface area contributed by atoms with Gasteiger partial charge in [-0.25, -0.2) is 0 Å². The molecule has 5 heteroatoms. The summed E-state index contributed by atoms with van der Waals surface area (Å²) in [4.78, 5) is 2.44. The van der Waals surface area contributed by atoms with E-state index in [1.165, 1.54) is 0 Å². The lowest BCUT2D eigenvalue weighted by molar-refractivity contribution is 0.278. The molecule has 0 radical (unpaired) electrons. The number of hydrogen-bond donors (Lipinski definition) is 1. The second kappa shape index (κ2) is 8.65. The molecule has 20 heavy (non-hydrogen) atoms. The molecule has 0 saturated heterocycles. The van der Waals surface area contributed by atoms with E-state index >= 15 is 0 Å². The van der Waals surface area contributed by atoms with Crippen LogP contribution in [0.4, 0.5) is 0 Å². The maximum absolute atomic E-state index is 6.37. The van der Waals surface area contributed by atoms with Crippen molar-refractivity contribution in [2.45, 2.75) is 53.1 Å². The summed E-state index contributed by atoms with van der Waals surface area (Å²) in [5.41, 5.74) is 1.12.